The van der Waals surface area contributed by atoms with Gasteiger partial charge in [0.25, 0.3) is 5.56 Å². The Hall–Kier alpha value is -3.86. The summed E-state index contributed by atoms with van der Waals surface area (Å²) < 4.78 is 22.0. The fourth-order valence-electron chi connectivity index (χ4n) is 7.21. The van der Waals surface area contributed by atoms with E-state index in [0.717, 1.165) is 60.4 Å². The highest BCUT2D eigenvalue weighted by molar-refractivity contribution is 6.76. The predicted octanol–water partition coefficient (Wildman–Crippen LogP) is 8.02. The molecule has 2 aliphatic rings. The molecule has 3 atom stereocenters. The number of rotatable bonds is 14. The van der Waals surface area contributed by atoms with Crippen LogP contribution in [0.3, 0.4) is 0 Å². The molecule has 2 aliphatic heterocycles. The molecule has 2 saturated heterocycles. The second-order valence-electron chi connectivity index (χ2n) is 18.3. The lowest BCUT2D eigenvalue weighted by Crippen LogP contribution is -2.48. The van der Waals surface area contributed by atoms with Gasteiger partial charge in [-0.1, -0.05) is 45.3 Å². The van der Waals surface area contributed by atoms with Gasteiger partial charge in [0.2, 0.25) is 0 Å². The minimum absolute atomic E-state index is 0.0958. The van der Waals surface area contributed by atoms with E-state index in [1.54, 1.807) is 18.5 Å². The number of ether oxygens (including phenoxy) is 3. The number of carbonyl (C=O) groups is 1. The van der Waals surface area contributed by atoms with Crippen molar-refractivity contribution in [3.63, 3.8) is 0 Å². The molecule has 0 saturated carbocycles. The Morgan fingerprint density at radius 3 is 2.11 bits per heavy atom. The molecule has 292 valence electrons. The molecule has 1 amide bonds. The fraction of sp³-hybridized carbons (Fsp3) is 0.575. The number of nitrogens with zero attached hydrogens (tertiary/aromatic N) is 7. The van der Waals surface area contributed by atoms with Gasteiger partial charge in [-0.25, -0.2) is 14.8 Å². The lowest BCUT2D eigenvalue weighted by molar-refractivity contribution is 0.00569. The van der Waals surface area contributed by atoms with E-state index >= 15 is 0 Å². The third-order valence-corrected chi connectivity index (χ3v) is 13.6. The first-order valence-corrected chi connectivity index (χ1v) is 26.8. The van der Waals surface area contributed by atoms with Crippen LogP contribution in [0, 0.1) is 0 Å². The van der Waals surface area contributed by atoms with Crippen LogP contribution >= 0.6 is 0 Å². The van der Waals surface area contributed by atoms with Crippen molar-refractivity contribution in [3.8, 4) is 16.9 Å². The van der Waals surface area contributed by atoms with Crippen molar-refractivity contribution in [2.45, 2.75) is 121 Å². The van der Waals surface area contributed by atoms with E-state index in [9.17, 15) is 9.59 Å². The highest BCUT2D eigenvalue weighted by Crippen LogP contribution is 2.44. The van der Waals surface area contributed by atoms with Crippen LogP contribution < -0.4 is 10.5 Å². The van der Waals surface area contributed by atoms with Crippen LogP contribution in [0.5, 0.6) is 0 Å². The maximum atomic E-state index is 13.3. The Bertz CT molecular complexity index is 1930. The molecule has 54 heavy (non-hydrogen) atoms. The summed E-state index contributed by atoms with van der Waals surface area (Å²) in [5.74, 6) is 1.53. The van der Waals surface area contributed by atoms with Crippen molar-refractivity contribution >= 4 is 33.7 Å². The maximum Gasteiger partial charge on any atom is 0.410 e. The lowest BCUT2D eigenvalue weighted by atomic mass is 9.88. The van der Waals surface area contributed by atoms with Crippen LogP contribution in [0.1, 0.15) is 58.1 Å². The highest BCUT2D eigenvalue weighted by atomic mass is 28.3. The third-order valence-electron chi connectivity index (χ3n) is 10.2. The van der Waals surface area contributed by atoms with Crippen molar-refractivity contribution < 1.29 is 19.0 Å². The van der Waals surface area contributed by atoms with E-state index in [-0.39, 0.29) is 29.7 Å². The molecule has 2 fully saturated rings. The van der Waals surface area contributed by atoms with Gasteiger partial charge in [0.05, 0.1) is 6.20 Å². The number of pyridine rings is 2. The number of hydrogen-bond acceptors (Lipinski definition) is 9. The van der Waals surface area contributed by atoms with Crippen LogP contribution in [-0.4, -0.2) is 95.7 Å². The average molecular weight is 774 g/mol. The molecule has 0 spiro atoms. The van der Waals surface area contributed by atoms with Crippen LogP contribution in [-0.2, 0) is 14.2 Å². The molecule has 12 nitrogen and oxygen atoms in total. The number of amides is 1. The van der Waals surface area contributed by atoms with Gasteiger partial charge in [0, 0.05) is 88.7 Å². The van der Waals surface area contributed by atoms with Crippen molar-refractivity contribution in [2.24, 2.45) is 0 Å². The van der Waals surface area contributed by atoms with E-state index in [4.69, 9.17) is 24.3 Å². The summed E-state index contributed by atoms with van der Waals surface area (Å²) in [5.41, 5.74) is 2.67. The van der Waals surface area contributed by atoms with E-state index in [1.165, 1.54) is 10.6 Å². The molecule has 4 aromatic rings. The number of anilines is 1. The van der Waals surface area contributed by atoms with Crippen LogP contribution in [0.15, 0.2) is 59.8 Å². The highest BCUT2D eigenvalue weighted by Gasteiger charge is 2.45. The van der Waals surface area contributed by atoms with Gasteiger partial charge in [-0.2, -0.15) is 9.61 Å². The summed E-state index contributed by atoms with van der Waals surface area (Å²) in [6.07, 6.45) is 8.64. The minimum atomic E-state index is -1.29. The Kier molecular flexibility index (Phi) is 11.9. The summed E-state index contributed by atoms with van der Waals surface area (Å²) in [6.45, 7) is 22.0. The average Bonchev–Trinajstić information content (AvgIpc) is 3.63. The van der Waals surface area contributed by atoms with Crippen molar-refractivity contribution in [2.75, 3.05) is 31.6 Å². The minimum Gasteiger partial charge on any atom is -0.444 e. The summed E-state index contributed by atoms with van der Waals surface area (Å²) in [4.78, 5) is 40.0. The second-order valence-corrected chi connectivity index (χ2v) is 29.6. The molecule has 1 unspecified atom stereocenters. The standard InChI is InChI=1S/C40H59N7O5Si2/c1-40(2,3)52-39(49)46-31-14-15-32(46)23-30(22-31)34-24-36(44(27-50-18-20-53(4,5)6)28-51-19-21-54(7,8)9)47-38(43-34)33(26-42-47)29-13-16-35(41-25-29)45-17-11-10-12-37(45)48/h10-13,16-17,24-26,30-32H,14-15,18-23,27-28H2,1-9H3/t30?,31-,32+. The monoisotopic (exact) mass is 773 g/mol. The predicted molar refractivity (Wildman–Crippen MR) is 219 cm³/mol. The molecule has 6 rings (SSSR count). The maximum absolute atomic E-state index is 13.3. The quantitative estimate of drug-likeness (QED) is 0.0714. The number of aromatic nitrogens is 5. The smallest absolute Gasteiger partial charge is 0.410 e. The zero-order chi connectivity index (χ0) is 38.8. The largest absolute Gasteiger partial charge is 0.444 e. The third kappa shape index (κ3) is 9.87. The summed E-state index contributed by atoms with van der Waals surface area (Å²) in [6, 6.07) is 13.3. The Labute approximate surface area is 321 Å². The van der Waals surface area contributed by atoms with Gasteiger partial charge in [-0.15, -0.1) is 0 Å². The van der Waals surface area contributed by atoms with Gasteiger partial charge >= 0.3 is 6.09 Å². The van der Waals surface area contributed by atoms with Crippen molar-refractivity contribution in [1.29, 1.82) is 0 Å². The number of fused-ring (bicyclic) bond motifs is 3. The molecule has 6 heterocycles. The van der Waals surface area contributed by atoms with Gasteiger partial charge < -0.3 is 24.0 Å². The van der Waals surface area contributed by atoms with Gasteiger partial charge in [-0.05, 0) is 76.7 Å². The molecular weight excluding hydrogens is 715 g/mol. The first-order chi connectivity index (χ1) is 25.5. The molecule has 0 N–H and O–H groups in total. The topological polar surface area (TPSA) is 116 Å². The van der Waals surface area contributed by atoms with Gasteiger partial charge in [0.15, 0.2) is 5.65 Å². The molecule has 0 aliphatic carbocycles. The van der Waals surface area contributed by atoms with E-state index in [2.05, 4.69) is 55.2 Å². The fourth-order valence-corrected chi connectivity index (χ4v) is 8.73. The summed E-state index contributed by atoms with van der Waals surface area (Å²) >= 11 is 0. The van der Waals surface area contributed by atoms with Crippen molar-refractivity contribution in [3.05, 3.63) is 71.0 Å². The first-order valence-electron chi connectivity index (χ1n) is 19.4. The molecule has 14 heteroatoms. The van der Waals surface area contributed by atoms with Crippen LogP contribution in [0.2, 0.25) is 51.4 Å². The molecule has 0 radical (unpaired) electrons. The SMILES string of the molecule is CC(C)(C)OC(=O)N1[C@@H]2CC[C@H]1CC(c1cc(N(COCC[Si](C)(C)C)COCC[Si](C)(C)C)n3ncc(-c4ccc(-n5ccccc5=O)nc4)c3n1)C2. The first kappa shape index (κ1) is 39.8. The number of hydrogen-bond donors (Lipinski definition) is 0. The Morgan fingerprint density at radius 1 is 0.907 bits per heavy atom. The van der Waals surface area contributed by atoms with E-state index in [1.807, 2.05) is 54.6 Å². The number of carbonyl (C=O) groups excluding carboxylic acids is 1. The summed E-state index contributed by atoms with van der Waals surface area (Å²) in [7, 11) is -2.59. The van der Waals surface area contributed by atoms with E-state index in [0.29, 0.717) is 38.1 Å². The second kappa shape index (κ2) is 16.1. The molecule has 2 bridgehead atoms. The normalized spacial score (nSPS) is 19.1. The van der Waals surface area contributed by atoms with Gasteiger partial charge in [-0.3, -0.25) is 9.36 Å². The summed E-state index contributed by atoms with van der Waals surface area (Å²) in [5, 5.41) is 4.91. The number of piperidine rings is 1. The molecule has 0 aromatic carbocycles. The zero-order valence-electron chi connectivity index (χ0n) is 33.7. The van der Waals surface area contributed by atoms with E-state index < -0.39 is 21.7 Å². The van der Waals surface area contributed by atoms with Crippen LogP contribution in [0.4, 0.5) is 10.6 Å². The molecule has 4 aromatic heterocycles. The van der Waals surface area contributed by atoms with Crippen LogP contribution in [0.25, 0.3) is 22.6 Å². The molecular formula is C40H59N7O5Si2. The lowest BCUT2D eigenvalue weighted by Gasteiger charge is -2.39. The van der Waals surface area contributed by atoms with Crippen molar-refractivity contribution in [1.82, 2.24) is 29.0 Å². The van der Waals surface area contributed by atoms with Gasteiger partial charge in [0.1, 0.15) is 30.7 Å². The Balaban J connectivity index is 1.37. The Morgan fingerprint density at radius 2 is 1.56 bits per heavy atom. The zero-order valence-corrected chi connectivity index (χ0v) is 35.7.